The van der Waals surface area contributed by atoms with Crippen molar-refractivity contribution in [2.45, 2.75) is 5.41 Å². The molecule has 3 aromatic heterocycles. The van der Waals surface area contributed by atoms with Crippen LogP contribution >= 0.6 is 0 Å². The van der Waals surface area contributed by atoms with E-state index >= 15 is 0 Å². The van der Waals surface area contributed by atoms with Gasteiger partial charge in [-0.1, -0.05) is 164 Å². The van der Waals surface area contributed by atoms with E-state index in [1.165, 1.54) is 44.5 Å². The van der Waals surface area contributed by atoms with Gasteiger partial charge in [0.2, 0.25) is 5.78 Å². The SMILES string of the molecule is c1ccc(-n2c3ccc(N(c4ccc(-c5cccc6c5oc5ccccc56)cc4)c4cccc5c4-c4ccccc4C54c5ccccc5-c5ccccc54)cc3n3c4ccccc4nc23)cc1. The Morgan fingerprint density at radius 1 is 0.433 bits per heavy atom. The molecule has 0 aliphatic heterocycles. The van der Waals surface area contributed by atoms with Crippen molar-refractivity contribution >= 4 is 66.8 Å². The van der Waals surface area contributed by atoms with Gasteiger partial charge in [-0.05, 0) is 111 Å². The van der Waals surface area contributed by atoms with Crippen LogP contribution in [0.5, 0.6) is 0 Å². The molecule has 1 spiro atoms. The van der Waals surface area contributed by atoms with E-state index in [9.17, 15) is 0 Å². The van der Waals surface area contributed by atoms with E-state index in [2.05, 4.69) is 238 Å². The molecule has 0 bridgehead atoms. The first-order valence-corrected chi connectivity index (χ1v) is 23.0. The van der Waals surface area contributed by atoms with Crippen LogP contribution in [0.25, 0.3) is 88.9 Å². The predicted molar refractivity (Wildman–Crippen MR) is 273 cm³/mol. The van der Waals surface area contributed by atoms with Crippen molar-refractivity contribution < 1.29 is 4.42 Å². The van der Waals surface area contributed by atoms with Crippen molar-refractivity contribution in [3.63, 3.8) is 0 Å². The average molecular weight is 855 g/mol. The van der Waals surface area contributed by atoms with Gasteiger partial charge in [-0.25, -0.2) is 4.98 Å². The minimum atomic E-state index is -0.478. The van der Waals surface area contributed by atoms with Crippen LogP contribution in [0, 0.1) is 0 Å². The highest BCUT2D eigenvalue weighted by Crippen LogP contribution is 2.64. The van der Waals surface area contributed by atoms with Crippen LogP contribution in [0.1, 0.15) is 22.3 Å². The van der Waals surface area contributed by atoms with Gasteiger partial charge in [-0.3, -0.25) is 8.97 Å². The molecule has 0 N–H and O–H groups in total. The van der Waals surface area contributed by atoms with E-state index in [1.807, 2.05) is 6.07 Å². The van der Waals surface area contributed by atoms with Crippen LogP contribution in [0.4, 0.5) is 17.1 Å². The maximum Gasteiger partial charge on any atom is 0.220 e. The van der Waals surface area contributed by atoms with Gasteiger partial charge in [0.15, 0.2) is 0 Å². The molecule has 2 aliphatic rings. The summed E-state index contributed by atoms with van der Waals surface area (Å²) in [6, 6.07) is 83.8. The molecule has 0 radical (unpaired) electrons. The number of nitrogens with zero attached hydrogens (tertiary/aromatic N) is 4. The van der Waals surface area contributed by atoms with Crippen LogP contribution in [-0.2, 0) is 5.41 Å². The highest BCUT2D eigenvalue weighted by Gasteiger charge is 2.52. The largest absolute Gasteiger partial charge is 0.455 e. The van der Waals surface area contributed by atoms with E-state index in [0.29, 0.717) is 0 Å². The van der Waals surface area contributed by atoms with Crippen molar-refractivity contribution in [3.05, 3.63) is 253 Å². The lowest BCUT2D eigenvalue weighted by Gasteiger charge is -2.32. The zero-order valence-corrected chi connectivity index (χ0v) is 36.1. The van der Waals surface area contributed by atoms with Crippen molar-refractivity contribution in [2.24, 2.45) is 0 Å². The molecule has 0 unspecified atom stereocenters. The number of hydrogen-bond acceptors (Lipinski definition) is 3. The lowest BCUT2D eigenvalue weighted by molar-refractivity contribution is 0.670. The second-order valence-electron chi connectivity index (χ2n) is 17.8. The first kappa shape index (κ1) is 36.4. The molecule has 312 valence electrons. The maximum atomic E-state index is 6.55. The van der Waals surface area contributed by atoms with E-state index in [-0.39, 0.29) is 0 Å². The van der Waals surface area contributed by atoms with Crippen molar-refractivity contribution in [1.82, 2.24) is 14.0 Å². The summed E-state index contributed by atoms with van der Waals surface area (Å²) in [7, 11) is 0. The smallest absolute Gasteiger partial charge is 0.220 e. The second kappa shape index (κ2) is 13.6. The summed E-state index contributed by atoms with van der Waals surface area (Å²) >= 11 is 0. The summed E-state index contributed by atoms with van der Waals surface area (Å²) in [6.45, 7) is 0. The minimum Gasteiger partial charge on any atom is -0.455 e. The lowest BCUT2D eigenvalue weighted by Crippen LogP contribution is -2.26. The summed E-state index contributed by atoms with van der Waals surface area (Å²) in [6.07, 6.45) is 0. The number of fused-ring (bicyclic) bond motifs is 18. The first-order chi connectivity index (χ1) is 33.3. The molecule has 0 saturated heterocycles. The maximum absolute atomic E-state index is 6.55. The van der Waals surface area contributed by atoms with E-state index < -0.39 is 5.41 Å². The number of anilines is 3. The molecule has 10 aromatic carbocycles. The normalized spacial score (nSPS) is 13.2. The van der Waals surface area contributed by atoms with Gasteiger partial charge in [0.1, 0.15) is 11.2 Å². The molecule has 0 fully saturated rings. The van der Waals surface area contributed by atoms with E-state index in [0.717, 1.165) is 83.7 Å². The number of aromatic nitrogens is 3. The Bertz CT molecular complexity index is 4130. The summed E-state index contributed by atoms with van der Waals surface area (Å²) in [5.41, 5.74) is 22.3. The molecule has 0 saturated carbocycles. The molecular weight excluding hydrogens is 817 g/mol. The van der Waals surface area contributed by atoms with Gasteiger partial charge >= 0.3 is 0 Å². The summed E-state index contributed by atoms with van der Waals surface area (Å²) in [4.78, 5) is 7.72. The van der Waals surface area contributed by atoms with Gasteiger partial charge < -0.3 is 9.32 Å². The number of rotatable bonds is 5. The fraction of sp³-hybridized carbons (Fsp3) is 0.0161. The van der Waals surface area contributed by atoms with E-state index in [4.69, 9.17) is 9.40 Å². The Hall–Kier alpha value is -8.93. The van der Waals surface area contributed by atoms with Crippen molar-refractivity contribution in [2.75, 3.05) is 4.90 Å². The van der Waals surface area contributed by atoms with Crippen molar-refractivity contribution in [1.29, 1.82) is 0 Å². The fourth-order valence-corrected chi connectivity index (χ4v) is 11.9. The van der Waals surface area contributed by atoms with Gasteiger partial charge in [-0.15, -0.1) is 0 Å². The molecule has 0 amide bonds. The third-order valence-corrected chi connectivity index (χ3v) is 14.5. The van der Waals surface area contributed by atoms with E-state index in [1.54, 1.807) is 0 Å². The quantitative estimate of drug-likeness (QED) is 0.173. The molecule has 67 heavy (non-hydrogen) atoms. The molecule has 2 aliphatic carbocycles. The first-order valence-electron chi connectivity index (χ1n) is 23.0. The van der Waals surface area contributed by atoms with Crippen molar-refractivity contribution in [3.8, 4) is 39.1 Å². The highest BCUT2D eigenvalue weighted by molar-refractivity contribution is 6.10. The molecule has 0 atom stereocenters. The number of imidazole rings is 2. The molecule has 13 aromatic rings. The molecular formula is C62H38N4O. The number of hydrogen-bond donors (Lipinski definition) is 0. The Morgan fingerprint density at radius 2 is 1.04 bits per heavy atom. The molecule has 5 heteroatoms. The van der Waals surface area contributed by atoms with Crippen LogP contribution in [0.15, 0.2) is 235 Å². The van der Waals surface area contributed by atoms with Gasteiger partial charge in [0.05, 0.1) is 33.2 Å². The monoisotopic (exact) mass is 854 g/mol. The lowest BCUT2D eigenvalue weighted by atomic mass is 9.70. The van der Waals surface area contributed by atoms with Crippen LogP contribution in [-0.4, -0.2) is 14.0 Å². The minimum absolute atomic E-state index is 0.478. The van der Waals surface area contributed by atoms with Crippen LogP contribution in [0.2, 0.25) is 0 Å². The number of furan rings is 1. The Morgan fingerprint density at radius 3 is 1.85 bits per heavy atom. The zero-order chi connectivity index (χ0) is 43.8. The second-order valence-corrected chi connectivity index (χ2v) is 17.8. The summed E-state index contributed by atoms with van der Waals surface area (Å²) in [5, 5.41) is 2.25. The van der Waals surface area contributed by atoms with Crippen LogP contribution < -0.4 is 4.90 Å². The fourth-order valence-electron chi connectivity index (χ4n) is 11.9. The predicted octanol–water partition coefficient (Wildman–Crippen LogP) is 15.8. The third kappa shape index (κ3) is 4.84. The third-order valence-electron chi connectivity index (χ3n) is 14.5. The van der Waals surface area contributed by atoms with Gasteiger partial charge in [0, 0.05) is 39.0 Å². The average Bonchev–Trinajstić information content (AvgIpc) is 4.19. The van der Waals surface area contributed by atoms with Gasteiger partial charge in [-0.2, -0.15) is 0 Å². The summed E-state index contributed by atoms with van der Waals surface area (Å²) < 4.78 is 11.2. The molecule has 3 heterocycles. The number of para-hydroxylation sites is 5. The Labute approximate surface area is 385 Å². The number of benzene rings is 10. The zero-order valence-electron chi connectivity index (χ0n) is 36.1. The highest BCUT2D eigenvalue weighted by atomic mass is 16.3. The Balaban J connectivity index is 1.00. The van der Waals surface area contributed by atoms with Gasteiger partial charge in [0.25, 0.3) is 0 Å². The van der Waals surface area contributed by atoms with Crippen LogP contribution in [0.3, 0.4) is 0 Å². The molecule has 15 rings (SSSR count). The topological polar surface area (TPSA) is 38.6 Å². The standard InChI is InChI=1S/C62H38N4O/c1-2-16-40(17-3-1)65-55-37-36-42(38-57(55)66-54-29-12-11-28-53(54)63-61(65)66)64(41-34-32-39(33-35-41)43-22-14-23-47-46-20-7-13-31-58(46)67-60(43)47)56-30-15-27-52-59(56)48-21-6-10-26-51(48)62(52)49-24-8-4-18-44(49)45-19-5-9-25-50(45)62/h1-38H. The summed E-state index contributed by atoms with van der Waals surface area (Å²) in [5.74, 6) is 0.880. The Kier molecular flexibility index (Phi) is 7.36. The molecule has 5 nitrogen and oxygen atoms in total.